The second-order valence-electron chi connectivity index (χ2n) is 4.93. The van der Waals surface area contributed by atoms with Crippen LogP contribution in [0.1, 0.15) is 25.0 Å². The molecule has 0 aliphatic rings. The molecule has 0 spiro atoms. The van der Waals surface area contributed by atoms with Crippen LogP contribution in [-0.4, -0.2) is 6.04 Å². The fraction of sp³-hybridized carbons (Fsp3) is 0.294. The van der Waals surface area contributed by atoms with Crippen LogP contribution in [0.3, 0.4) is 0 Å². The summed E-state index contributed by atoms with van der Waals surface area (Å²) in [6, 6.07) is 16.5. The van der Waals surface area contributed by atoms with Crippen molar-refractivity contribution in [2.75, 3.05) is 0 Å². The second kappa shape index (κ2) is 6.39. The van der Waals surface area contributed by atoms with E-state index in [-0.39, 0.29) is 6.04 Å². The molecule has 0 aliphatic heterocycles. The molecule has 2 heteroatoms. The average Bonchev–Trinajstić information content (AvgIpc) is 2.41. The quantitative estimate of drug-likeness (QED) is 0.878. The Morgan fingerprint density at radius 1 is 1.00 bits per heavy atom. The average molecular weight is 255 g/mol. The summed E-state index contributed by atoms with van der Waals surface area (Å²) in [4.78, 5) is 0. The molecule has 0 radical (unpaired) electrons. The number of ether oxygens (including phenoxy) is 1. The van der Waals surface area contributed by atoms with Crippen LogP contribution in [0.5, 0.6) is 11.5 Å². The van der Waals surface area contributed by atoms with E-state index in [0.717, 1.165) is 24.3 Å². The van der Waals surface area contributed by atoms with E-state index in [1.807, 2.05) is 31.2 Å². The van der Waals surface area contributed by atoms with Crippen molar-refractivity contribution in [1.29, 1.82) is 0 Å². The van der Waals surface area contributed by atoms with E-state index in [9.17, 15) is 0 Å². The minimum absolute atomic E-state index is 0.188. The topological polar surface area (TPSA) is 35.2 Å². The van der Waals surface area contributed by atoms with Crippen LogP contribution >= 0.6 is 0 Å². The molecule has 2 aromatic carbocycles. The summed E-state index contributed by atoms with van der Waals surface area (Å²) in [5, 5.41) is 0. The first-order chi connectivity index (χ1) is 9.17. The lowest BCUT2D eigenvalue weighted by atomic mass is 10.1. The van der Waals surface area contributed by atoms with Crippen molar-refractivity contribution in [3.8, 4) is 11.5 Å². The molecular weight excluding hydrogens is 234 g/mol. The molecule has 0 amide bonds. The van der Waals surface area contributed by atoms with Crippen molar-refractivity contribution in [1.82, 2.24) is 0 Å². The maximum atomic E-state index is 5.85. The maximum absolute atomic E-state index is 5.85. The van der Waals surface area contributed by atoms with Gasteiger partial charge in [0, 0.05) is 6.04 Å². The van der Waals surface area contributed by atoms with E-state index in [2.05, 4.69) is 31.2 Å². The molecule has 0 aromatic heterocycles. The van der Waals surface area contributed by atoms with Gasteiger partial charge in [-0.1, -0.05) is 31.2 Å². The normalized spacial score (nSPS) is 12.2. The Balaban J connectivity index is 2.06. The number of rotatable bonds is 5. The summed E-state index contributed by atoms with van der Waals surface area (Å²) in [5.41, 5.74) is 8.31. The Bertz CT molecular complexity index is 517. The highest BCUT2D eigenvalue weighted by Gasteiger charge is 2.01. The molecule has 19 heavy (non-hydrogen) atoms. The van der Waals surface area contributed by atoms with E-state index >= 15 is 0 Å². The molecule has 2 N–H and O–H groups in total. The van der Waals surface area contributed by atoms with E-state index < -0.39 is 0 Å². The zero-order valence-electron chi connectivity index (χ0n) is 11.6. The van der Waals surface area contributed by atoms with Crippen molar-refractivity contribution in [2.24, 2.45) is 5.73 Å². The Hall–Kier alpha value is -1.80. The van der Waals surface area contributed by atoms with Crippen molar-refractivity contribution < 1.29 is 4.74 Å². The third kappa shape index (κ3) is 4.11. The molecular formula is C17H21NO. The molecule has 2 rings (SSSR count). The molecule has 1 unspecified atom stereocenters. The molecule has 0 bridgehead atoms. The van der Waals surface area contributed by atoms with Gasteiger partial charge in [-0.15, -0.1) is 0 Å². The predicted molar refractivity (Wildman–Crippen MR) is 79.7 cm³/mol. The van der Waals surface area contributed by atoms with Gasteiger partial charge in [-0.2, -0.15) is 0 Å². The predicted octanol–water partition coefficient (Wildman–Crippen LogP) is 3.93. The first-order valence-electron chi connectivity index (χ1n) is 6.78. The number of aryl methyl sites for hydroxylation is 1. The molecule has 2 nitrogen and oxygen atoms in total. The Labute approximate surface area is 115 Å². The van der Waals surface area contributed by atoms with Crippen LogP contribution < -0.4 is 10.5 Å². The zero-order chi connectivity index (χ0) is 13.7. The number of hydrogen-bond donors (Lipinski definition) is 1. The van der Waals surface area contributed by atoms with Crippen LogP contribution in [0, 0.1) is 0 Å². The lowest BCUT2D eigenvalue weighted by molar-refractivity contribution is 0.481. The van der Waals surface area contributed by atoms with Gasteiger partial charge in [-0.25, -0.2) is 0 Å². The lowest BCUT2D eigenvalue weighted by Gasteiger charge is -2.09. The maximum Gasteiger partial charge on any atom is 0.127 e. The highest BCUT2D eigenvalue weighted by atomic mass is 16.5. The van der Waals surface area contributed by atoms with Gasteiger partial charge in [-0.05, 0) is 55.2 Å². The summed E-state index contributed by atoms with van der Waals surface area (Å²) in [6.45, 7) is 4.16. The van der Waals surface area contributed by atoms with Gasteiger partial charge < -0.3 is 10.5 Å². The van der Waals surface area contributed by atoms with Gasteiger partial charge in [0.25, 0.3) is 0 Å². The smallest absolute Gasteiger partial charge is 0.127 e. The van der Waals surface area contributed by atoms with E-state index in [4.69, 9.17) is 10.5 Å². The molecule has 0 saturated heterocycles. The molecule has 1 atom stereocenters. The van der Waals surface area contributed by atoms with Gasteiger partial charge >= 0.3 is 0 Å². The van der Waals surface area contributed by atoms with Gasteiger partial charge in [0.1, 0.15) is 11.5 Å². The SMILES string of the molecule is CCc1cccc(Oc2ccc(CC(C)N)cc2)c1. The summed E-state index contributed by atoms with van der Waals surface area (Å²) in [7, 11) is 0. The van der Waals surface area contributed by atoms with Crippen LogP contribution in [0.15, 0.2) is 48.5 Å². The molecule has 0 saturated carbocycles. The van der Waals surface area contributed by atoms with Gasteiger partial charge in [0.05, 0.1) is 0 Å². The summed E-state index contributed by atoms with van der Waals surface area (Å²) in [6.07, 6.45) is 1.91. The molecule has 2 aromatic rings. The van der Waals surface area contributed by atoms with E-state index in [0.29, 0.717) is 0 Å². The Morgan fingerprint density at radius 2 is 1.74 bits per heavy atom. The molecule has 100 valence electrons. The van der Waals surface area contributed by atoms with Gasteiger partial charge in [0.2, 0.25) is 0 Å². The number of benzene rings is 2. The fourth-order valence-corrected chi connectivity index (χ4v) is 2.03. The Kier molecular flexibility index (Phi) is 4.58. The van der Waals surface area contributed by atoms with Crippen molar-refractivity contribution in [3.63, 3.8) is 0 Å². The first-order valence-corrected chi connectivity index (χ1v) is 6.78. The largest absolute Gasteiger partial charge is 0.457 e. The number of nitrogens with two attached hydrogens (primary N) is 1. The molecule has 0 heterocycles. The van der Waals surface area contributed by atoms with Crippen LogP contribution in [-0.2, 0) is 12.8 Å². The monoisotopic (exact) mass is 255 g/mol. The van der Waals surface area contributed by atoms with E-state index in [1.165, 1.54) is 11.1 Å². The first kappa shape index (κ1) is 13.6. The third-order valence-corrected chi connectivity index (χ3v) is 3.02. The van der Waals surface area contributed by atoms with Gasteiger partial charge in [-0.3, -0.25) is 0 Å². The van der Waals surface area contributed by atoms with Crippen molar-refractivity contribution in [3.05, 3.63) is 59.7 Å². The van der Waals surface area contributed by atoms with Crippen LogP contribution in [0.2, 0.25) is 0 Å². The molecule has 0 fully saturated rings. The van der Waals surface area contributed by atoms with Crippen LogP contribution in [0.4, 0.5) is 0 Å². The highest BCUT2D eigenvalue weighted by Crippen LogP contribution is 2.23. The highest BCUT2D eigenvalue weighted by molar-refractivity contribution is 5.35. The zero-order valence-corrected chi connectivity index (χ0v) is 11.6. The summed E-state index contributed by atoms with van der Waals surface area (Å²) >= 11 is 0. The standard InChI is InChI=1S/C17H21NO/c1-3-14-5-4-6-17(12-14)19-16-9-7-15(8-10-16)11-13(2)18/h4-10,12-13H,3,11,18H2,1-2H3. The summed E-state index contributed by atoms with van der Waals surface area (Å²) < 4.78 is 5.85. The lowest BCUT2D eigenvalue weighted by Crippen LogP contribution is -2.17. The van der Waals surface area contributed by atoms with Gasteiger partial charge in [0.15, 0.2) is 0 Å². The van der Waals surface area contributed by atoms with Crippen molar-refractivity contribution in [2.45, 2.75) is 32.7 Å². The minimum atomic E-state index is 0.188. The van der Waals surface area contributed by atoms with Crippen LogP contribution in [0.25, 0.3) is 0 Å². The fourth-order valence-electron chi connectivity index (χ4n) is 2.03. The van der Waals surface area contributed by atoms with E-state index in [1.54, 1.807) is 0 Å². The minimum Gasteiger partial charge on any atom is -0.457 e. The molecule has 0 aliphatic carbocycles. The third-order valence-electron chi connectivity index (χ3n) is 3.02. The number of hydrogen-bond acceptors (Lipinski definition) is 2. The Morgan fingerprint density at radius 3 is 2.37 bits per heavy atom. The van der Waals surface area contributed by atoms with Crippen molar-refractivity contribution >= 4 is 0 Å². The summed E-state index contributed by atoms with van der Waals surface area (Å²) in [5.74, 6) is 1.75. The second-order valence-corrected chi connectivity index (χ2v) is 4.93.